The lowest BCUT2D eigenvalue weighted by atomic mass is 10.1. The Bertz CT molecular complexity index is 490. The largest absolute Gasteiger partial charge is 0.409 e. The summed E-state index contributed by atoms with van der Waals surface area (Å²) in [5.41, 5.74) is 6.78. The number of oxime groups is 1. The highest BCUT2D eigenvalue weighted by Gasteiger charge is 2.19. The van der Waals surface area contributed by atoms with Crippen molar-refractivity contribution in [3.8, 4) is 0 Å². The lowest BCUT2D eigenvalue weighted by molar-refractivity contribution is 0.0941. The Morgan fingerprint density at radius 3 is 3.10 bits per heavy atom. The topological polar surface area (TPSA) is 87.7 Å². The summed E-state index contributed by atoms with van der Waals surface area (Å²) in [6, 6.07) is 1.89. The molecule has 20 heavy (non-hydrogen) atoms. The third-order valence-corrected chi connectivity index (χ3v) is 5.51. The predicted octanol–water partition coefficient (Wildman–Crippen LogP) is 2.18. The van der Waals surface area contributed by atoms with Crippen molar-refractivity contribution in [2.24, 2.45) is 10.9 Å². The highest BCUT2D eigenvalue weighted by Crippen LogP contribution is 2.31. The number of thiophene rings is 1. The summed E-state index contributed by atoms with van der Waals surface area (Å²) >= 11 is 3.49. The first-order chi connectivity index (χ1) is 9.63. The number of thioether (sulfide) groups is 1. The van der Waals surface area contributed by atoms with Gasteiger partial charge in [0, 0.05) is 23.1 Å². The summed E-state index contributed by atoms with van der Waals surface area (Å²) in [6.07, 6.45) is 2.15. The molecule has 0 saturated carbocycles. The number of carbonyl (C=O) groups is 1. The van der Waals surface area contributed by atoms with Crippen LogP contribution in [0.1, 0.15) is 39.9 Å². The zero-order valence-corrected chi connectivity index (χ0v) is 13.0. The Hall–Kier alpha value is -1.21. The molecule has 0 saturated heterocycles. The molecule has 0 aromatic carbocycles. The standard InChI is InChI=1S/C13H19N3O2S2/c1-2-9(6-12(14)16-18)15-13(17)11-5-8-7-19-4-3-10(8)20-11/h5,9,18H,2-4,6-7H2,1H3,(H2,14,16)(H,15,17). The van der Waals surface area contributed by atoms with Gasteiger partial charge in [-0.15, -0.1) is 11.3 Å². The summed E-state index contributed by atoms with van der Waals surface area (Å²) in [7, 11) is 0. The number of aryl methyl sites for hydroxylation is 1. The molecule has 1 aliphatic heterocycles. The zero-order chi connectivity index (χ0) is 14.5. The first-order valence-electron chi connectivity index (χ1n) is 6.60. The van der Waals surface area contributed by atoms with Crippen molar-refractivity contribution in [3.63, 3.8) is 0 Å². The first-order valence-corrected chi connectivity index (χ1v) is 8.57. The van der Waals surface area contributed by atoms with Crippen LogP contribution in [0.15, 0.2) is 11.2 Å². The van der Waals surface area contributed by atoms with E-state index < -0.39 is 0 Å². The summed E-state index contributed by atoms with van der Waals surface area (Å²) in [4.78, 5) is 14.3. The number of carbonyl (C=O) groups excluding carboxylic acids is 1. The molecule has 1 amide bonds. The number of nitrogens with two attached hydrogens (primary N) is 1. The number of fused-ring (bicyclic) bond motifs is 1. The molecule has 1 aliphatic rings. The van der Waals surface area contributed by atoms with Crippen LogP contribution >= 0.6 is 23.1 Å². The van der Waals surface area contributed by atoms with Crippen molar-refractivity contribution in [3.05, 3.63) is 21.4 Å². The second kappa shape index (κ2) is 6.99. The molecular weight excluding hydrogens is 294 g/mol. The van der Waals surface area contributed by atoms with Crippen molar-refractivity contribution in [2.75, 3.05) is 5.75 Å². The quantitative estimate of drug-likeness (QED) is 0.336. The summed E-state index contributed by atoms with van der Waals surface area (Å²) < 4.78 is 0. The van der Waals surface area contributed by atoms with E-state index in [1.54, 1.807) is 11.3 Å². The Kier molecular flexibility index (Phi) is 5.31. The molecular formula is C13H19N3O2S2. The van der Waals surface area contributed by atoms with E-state index in [9.17, 15) is 4.79 Å². The molecule has 0 bridgehead atoms. The minimum atomic E-state index is -0.105. The Labute approximate surface area is 126 Å². The van der Waals surface area contributed by atoms with Crippen LogP contribution in [-0.4, -0.2) is 28.7 Å². The number of nitrogens with zero attached hydrogens (tertiary/aromatic N) is 1. The number of amides is 1. The molecule has 1 aromatic rings. The lowest BCUT2D eigenvalue weighted by Gasteiger charge is -2.15. The average molecular weight is 313 g/mol. The van der Waals surface area contributed by atoms with Gasteiger partial charge in [-0.3, -0.25) is 4.79 Å². The molecule has 1 aromatic heterocycles. The number of rotatable bonds is 5. The van der Waals surface area contributed by atoms with E-state index in [4.69, 9.17) is 10.9 Å². The summed E-state index contributed by atoms with van der Waals surface area (Å²) in [6.45, 7) is 1.96. The number of nitrogens with one attached hydrogen (secondary N) is 1. The van der Waals surface area contributed by atoms with Crippen molar-refractivity contribution in [1.29, 1.82) is 0 Å². The van der Waals surface area contributed by atoms with Gasteiger partial charge in [-0.05, 0) is 30.2 Å². The van der Waals surface area contributed by atoms with Crippen LogP contribution < -0.4 is 11.1 Å². The molecule has 2 rings (SSSR count). The van der Waals surface area contributed by atoms with Gasteiger partial charge in [0.1, 0.15) is 5.84 Å². The van der Waals surface area contributed by atoms with Gasteiger partial charge in [-0.1, -0.05) is 12.1 Å². The van der Waals surface area contributed by atoms with Crippen LogP contribution in [0.25, 0.3) is 0 Å². The maximum atomic E-state index is 12.3. The lowest BCUT2D eigenvalue weighted by Crippen LogP contribution is -2.37. The van der Waals surface area contributed by atoms with Gasteiger partial charge in [0.15, 0.2) is 0 Å². The maximum absolute atomic E-state index is 12.3. The monoisotopic (exact) mass is 313 g/mol. The van der Waals surface area contributed by atoms with Gasteiger partial charge in [0.05, 0.1) is 4.88 Å². The van der Waals surface area contributed by atoms with E-state index >= 15 is 0 Å². The smallest absolute Gasteiger partial charge is 0.261 e. The molecule has 2 heterocycles. The molecule has 110 valence electrons. The van der Waals surface area contributed by atoms with Crippen LogP contribution in [0.5, 0.6) is 0 Å². The molecule has 0 aliphatic carbocycles. The van der Waals surface area contributed by atoms with E-state index in [0.29, 0.717) is 6.42 Å². The second-order valence-corrected chi connectivity index (χ2v) is 6.98. The second-order valence-electron chi connectivity index (χ2n) is 4.74. The zero-order valence-electron chi connectivity index (χ0n) is 11.4. The van der Waals surface area contributed by atoms with Crippen LogP contribution in [0.4, 0.5) is 0 Å². The van der Waals surface area contributed by atoms with Gasteiger partial charge in [-0.2, -0.15) is 11.8 Å². The fraction of sp³-hybridized carbons (Fsp3) is 0.538. The van der Waals surface area contributed by atoms with Crippen molar-refractivity contribution in [1.82, 2.24) is 5.32 Å². The average Bonchev–Trinajstić information content (AvgIpc) is 2.90. The van der Waals surface area contributed by atoms with Gasteiger partial charge in [0.25, 0.3) is 5.91 Å². The molecule has 0 spiro atoms. The normalized spacial score (nSPS) is 16.6. The molecule has 7 heteroatoms. The van der Waals surface area contributed by atoms with Crippen molar-refractivity contribution < 1.29 is 10.0 Å². The number of hydrogen-bond acceptors (Lipinski definition) is 5. The van der Waals surface area contributed by atoms with Gasteiger partial charge < -0.3 is 16.3 Å². The molecule has 5 nitrogen and oxygen atoms in total. The fourth-order valence-corrected chi connectivity index (χ4v) is 4.38. The van der Waals surface area contributed by atoms with Gasteiger partial charge in [0.2, 0.25) is 0 Å². The van der Waals surface area contributed by atoms with E-state index in [1.807, 2.05) is 24.8 Å². The van der Waals surface area contributed by atoms with Crippen LogP contribution in [0.3, 0.4) is 0 Å². The number of hydrogen-bond donors (Lipinski definition) is 3. The van der Waals surface area contributed by atoms with Crippen LogP contribution in [-0.2, 0) is 12.2 Å². The molecule has 0 fully saturated rings. The Balaban J connectivity index is 2.01. The summed E-state index contributed by atoms with van der Waals surface area (Å²) in [5.74, 6) is 2.21. The Morgan fingerprint density at radius 2 is 2.45 bits per heavy atom. The third-order valence-electron chi connectivity index (χ3n) is 3.26. The number of amidine groups is 1. The minimum Gasteiger partial charge on any atom is -0.409 e. The van der Waals surface area contributed by atoms with E-state index in [1.165, 1.54) is 10.4 Å². The summed E-state index contributed by atoms with van der Waals surface area (Å²) in [5, 5.41) is 14.5. The van der Waals surface area contributed by atoms with Crippen molar-refractivity contribution in [2.45, 2.75) is 38.0 Å². The molecule has 4 N–H and O–H groups in total. The predicted molar refractivity (Wildman–Crippen MR) is 83.8 cm³/mol. The van der Waals surface area contributed by atoms with Gasteiger partial charge >= 0.3 is 0 Å². The minimum absolute atomic E-state index is 0.0630. The van der Waals surface area contributed by atoms with E-state index in [0.717, 1.165) is 29.2 Å². The highest BCUT2D eigenvalue weighted by molar-refractivity contribution is 7.98. The molecule has 0 radical (unpaired) electrons. The third kappa shape index (κ3) is 3.67. The fourth-order valence-electron chi connectivity index (χ4n) is 2.11. The Morgan fingerprint density at radius 1 is 1.65 bits per heavy atom. The molecule has 1 unspecified atom stereocenters. The SMILES string of the molecule is CCC(CC(N)=NO)NC(=O)c1cc2c(s1)CCSC2. The highest BCUT2D eigenvalue weighted by atomic mass is 32.2. The molecule has 1 atom stereocenters. The van der Waals surface area contributed by atoms with Crippen LogP contribution in [0, 0.1) is 0 Å². The maximum Gasteiger partial charge on any atom is 0.261 e. The van der Waals surface area contributed by atoms with Gasteiger partial charge in [-0.25, -0.2) is 0 Å². The van der Waals surface area contributed by atoms with E-state index in [-0.39, 0.29) is 17.8 Å². The van der Waals surface area contributed by atoms with Crippen LogP contribution in [0.2, 0.25) is 0 Å². The van der Waals surface area contributed by atoms with Crippen molar-refractivity contribution >= 4 is 34.8 Å². The van der Waals surface area contributed by atoms with E-state index in [2.05, 4.69) is 10.5 Å². The first kappa shape index (κ1) is 15.2.